The van der Waals surface area contributed by atoms with E-state index in [1.807, 2.05) is 6.07 Å². The van der Waals surface area contributed by atoms with Crippen molar-refractivity contribution < 1.29 is 13.2 Å². The van der Waals surface area contributed by atoms with Crippen molar-refractivity contribution in [2.24, 2.45) is 0 Å². The molecule has 0 spiro atoms. The molecule has 6 heteroatoms. The number of aromatic amines is 1. The maximum Gasteiger partial charge on any atom is 0.416 e. The Morgan fingerprint density at radius 3 is 2.29 bits per heavy atom. The van der Waals surface area contributed by atoms with Gasteiger partial charge in [-0.3, -0.25) is 5.10 Å². The number of hydrogen-bond acceptors (Lipinski definition) is 2. The number of nitrogens with zero attached hydrogens (tertiary/aromatic N) is 2. The van der Waals surface area contributed by atoms with Crippen LogP contribution in [-0.4, -0.2) is 10.2 Å². The normalized spacial score (nSPS) is 11.2. The highest BCUT2D eigenvalue weighted by molar-refractivity contribution is 5.60. The van der Waals surface area contributed by atoms with Crippen LogP contribution in [0.25, 0.3) is 11.3 Å². The third kappa shape index (κ3) is 2.28. The highest BCUT2D eigenvalue weighted by Crippen LogP contribution is 2.30. The van der Waals surface area contributed by atoms with Crippen molar-refractivity contribution in [3.05, 3.63) is 41.6 Å². The molecular formula is C11H6F3N3. The molecule has 0 amide bonds. The maximum absolute atomic E-state index is 12.3. The van der Waals surface area contributed by atoms with Crippen molar-refractivity contribution in [2.75, 3.05) is 0 Å². The second-order valence-electron chi connectivity index (χ2n) is 3.35. The van der Waals surface area contributed by atoms with Crippen LogP contribution in [0, 0.1) is 11.3 Å². The molecule has 0 radical (unpaired) electrons. The third-order valence-electron chi connectivity index (χ3n) is 2.22. The van der Waals surface area contributed by atoms with E-state index in [2.05, 4.69) is 10.2 Å². The summed E-state index contributed by atoms with van der Waals surface area (Å²) in [5.74, 6) is 0. The first-order valence-electron chi connectivity index (χ1n) is 4.64. The van der Waals surface area contributed by atoms with Gasteiger partial charge in [0.15, 0.2) is 5.69 Å². The lowest BCUT2D eigenvalue weighted by molar-refractivity contribution is -0.137. The number of aromatic nitrogens is 2. The van der Waals surface area contributed by atoms with Crippen molar-refractivity contribution >= 4 is 0 Å². The van der Waals surface area contributed by atoms with Gasteiger partial charge in [0.2, 0.25) is 0 Å². The van der Waals surface area contributed by atoms with Gasteiger partial charge < -0.3 is 0 Å². The third-order valence-corrected chi connectivity index (χ3v) is 2.22. The largest absolute Gasteiger partial charge is 0.416 e. The molecule has 0 unspecified atom stereocenters. The molecule has 1 heterocycles. The summed E-state index contributed by atoms with van der Waals surface area (Å²) in [6, 6.07) is 7.94. The predicted octanol–water partition coefficient (Wildman–Crippen LogP) is 2.97. The summed E-state index contributed by atoms with van der Waals surface area (Å²) < 4.78 is 37.0. The molecule has 0 aliphatic rings. The Morgan fingerprint density at radius 2 is 1.82 bits per heavy atom. The molecule has 0 saturated heterocycles. The Bertz CT molecular complexity index is 561. The molecule has 1 N–H and O–H groups in total. The minimum absolute atomic E-state index is 0.194. The summed E-state index contributed by atoms with van der Waals surface area (Å²) in [6.07, 6.45) is -4.34. The van der Waals surface area contributed by atoms with Gasteiger partial charge in [-0.05, 0) is 17.7 Å². The number of benzene rings is 1. The zero-order chi connectivity index (χ0) is 12.5. The smallest absolute Gasteiger partial charge is 0.277 e. The van der Waals surface area contributed by atoms with Crippen LogP contribution in [0.15, 0.2) is 30.3 Å². The van der Waals surface area contributed by atoms with Crippen molar-refractivity contribution in [1.29, 1.82) is 5.26 Å². The maximum atomic E-state index is 12.3. The Balaban J connectivity index is 2.33. The van der Waals surface area contributed by atoms with Crippen LogP contribution in [0.3, 0.4) is 0 Å². The quantitative estimate of drug-likeness (QED) is 0.828. The molecule has 1 aromatic carbocycles. The van der Waals surface area contributed by atoms with Crippen LogP contribution in [0.5, 0.6) is 0 Å². The van der Waals surface area contributed by atoms with Crippen LogP contribution < -0.4 is 0 Å². The molecule has 1 aromatic heterocycles. The Morgan fingerprint density at radius 1 is 1.18 bits per heavy atom. The average Bonchev–Trinajstić information content (AvgIpc) is 2.76. The highest BCUT2D eigenvalue weighted by atomic mass is 19.4. The average molecular weight is 237 g/mol. The van der Waals surface area contributed by atoms with Crippen LogP contribution in [0.2, 0.25) is 0 Å². The molecule has 0 fully saturated rings. The zero-order valence-corrected chi connectivity index (χ0v) is 8.42. The number of alkyl halides is 3. The summed E-state index contributed by atoms with van der Waals surface area (Å²) >= 11 is 0. The lowest BCUT2D eigenvalue weighted by atomic mass is 10.1. The van der Waals surface area contributed by atoms with E-state index in [0.29, 0.717) is 11.3 Å². The second-order valence-corrected chi connectivity index (χ2v) is 3.35. The number of H-pyrrole nitrogens is 1. The monoisotopic (exact) mass is 237 g/mol. The first-order chi connectivity index (χ1) is 8.00. The van der Waals surface area contributed by atoms with Crippen LogP contribution >= 0.6 is 0 Å². The number of halogens is 3. The van der Waals surface area contributed by atoms with Gasteiger partial charge in [-0.15, -0.1) is 0 Å². The van der Waals surface area contributed by atoms with E-state index < -0.39 is 11.7 Å². The summed E-state index contributed by atoms with van der Waals surface area (Å²) in [5, 5.41) is 14.8. The van der Waals surface area contributed by atoms with Crippen LogP contribution in [-0.2, 0) is 6.18 Å². The van der Waals surface area contributed by atoms with Crippen molar-refractivity contribution in [1.82, 2.24) is 10.2 Å². The molecule has 3 nitrogen and oxygen atoms in total. The van der Waals surface area contributed by atoms with E-state index in [-0.39, 0.29) is 5.69 Å². The van der Waals surface area contributed by atoms with Crippen molar-refractivity contribution in [3.63, 3.8) is 0 Å². The van der Waals surface area contributed by atoms with Gasteiger partial charge in [0.25, 0.3) is 0 Å². The molecular weight excluding hydrogens is 231 g/mol. The van der Waals surface area contributed by atoms with Gasteiger partial charge in [0.05, 0.1) is 11.3 Å². The molecule has 0 aliphatic heterocycles. The van der Waals surface area contributed by atoms with Gasteiger partial charge in [-0.2, -0.15) is 23.5 Å². The summed E-state index contributed by atoms with van der Waals surface area (Å²) in [4.78, 5) is 0. The van der Waals surface area contributed by atoms with Crippen molar-refractivity contribution in [2.45, 2.75) is 6.18 Å². The number of hydrogen-bond donors (Lipinski definition) is 1. The molecule has 86 valence electrons. The van der Waals surface area contributed by atoms with E-state index >= 15 is 0 Å². The van der Waals surface area contributed by atoms with Gasteiger partial charge >= 0.3 is 6.18 Å². The Hall–Kier alpha value is -2.29. The molecule has 2 rings (SSSR count). The fourth-order valence-corrected chi connectivity index (χ4v) is 1.37. The van der Waals surface area contributed by atoms with E-state index in [1.54, 1.807) is 0 Å². The fourth-order valence-electron chi connectivity index (χ4n) is 1.37. The van der Waals surface area contributed by atoms with E-state index in [4.69, 9.17) is 5.26 Å². The first-order valence-corrected chi connectivity index (χ1v) is 4.64. The van der Waals surface area contributed by atoms with Gasteiger partial charge in [0, 0.05) is 6.07 Å². The Labute approximate surface area is 94.5 Å². The lowest BCUT2D eigenvalue weighted by Gasteiger charge is -2.06. The minimum atomic E-state index is -4.34. The van der Waals surface area contributed by atoms with Crippen molar-refractivity contribution in [3.8, 4) is 17.3 Å². The van der Waals surface area contributed by atoms with E-state index in [9.17, 15) is 13.2 Å². The topological polar surface area (TPSA) is 52.5 Å². The van der Waals surface area contributed by atoms with Gasteiger partial charge in [-0.25, -0.2) is 0 Å². The highest BCUT2D eigenvalue weighted by Gasteiger charge is 2.29. The summed E-state index contributed by atoms with van der Waals surface area (Å²) in [5.41, 5.74) is 0.545. The molecule has 17 heavy (non-hydrogen) atoms. The molecule has 0 bridgehead atoms. The fraction of sp³-hybridized carbons (Fsp3) is 0.0909. The lowest BCUT2D eigenvalue weighted by Crippen LogP contribution is -2.03. The standard InChI is InChI=1S/C11H6F3N3/c12-11(13,14)8-3-1-7(2-4-8)10-5-9(6-15)16-17-10/h1-5H,(H,16,17). The zero-order valence-electron chi connectivity index (χ0n) is 8.42. The number of rotatable bonds is 1. The molecule has 0 aliphatic carbocycles. The van der Waals surface area contributed by atoms with Gasteiger partial charge in [0.1, 0.15) is 6.07 Å². The molecule has 2 aromatic rings. The first kappa shape index (κ1) is 11.2. The SMILES string of the molecule is N#Cc1cc(-c2ccc(C(F)(F)F)cc2)[nH]n1. The summed E-state index contributed by atoms with van der Waals surface area (Å²) in [6.45, 7) is 0. The van der Waals surface area contributed by atoms with E-state index in [0.717, 1.165) is 12.1 Å². The number of nitriles is 1. The Kier molecular flexibility index (Phi) is 2.60. The predicted molar refractivity (Wildman–Crippen MR) is 53.7 cm³/mol. The number of nitrogens with one attached hydrogen (secondary N) is 1. The van der Waals surface area contributed by atoms with Crippen LogP contribution in [0.1, 0.15) is 11.3 Å². The minimum Gasteiger partial charge on any atom is -0.277 e. The summed E-state index contributed by atoms with van der Waals surface area (Å²) in [7, 11) is 0. The second kappa shape index (κ2) is 3.94. The molecule has 0 atom stereocenters. The van der Waals surface area contributed by atoms with E-state index in [1.165, 1.54) is 18.2 Å². The van der Waals surface area contributed by atoms with Crippen LogP contribution in [0.4, 0.5) is 13.2 Å². The van der Waals surface area contributed by atoms with Gasteiger partial charge in [-0.1, -0.05) is 12.1 Å². The molecule has 0 saturated carbocycles.